The van der Waals surface area contributed by atoms with Crippen LogP contribution in [0.2, 0.25) is 0 Å². The fourth-order valence-electron chi connectivity index (χ4n) is 1.93. The smallest absolute Gasteiger partial charge is 0.272 e. The van der Waals surface area contributed by atoms with E-state index in [2.05, 4.69) is 10.6 Å². The molecule has 0 amide bonds. The molecule has 1 fully saturated rings. The van der Waals surface area contributed by atoms with Gasteiger partial charge in [-0.25, -0.2) is 4.39 Å². The van der Waals surface area contributed by atoms with Gasteiger partial charge in [-0.1, -0.05) is 0 Å². The van der Waals surface area contributed by atoms with Crippen LogP contribution in [0.3, 0.4) is 0 Å². The number of hydrogen-bond acceptors (Lipinski definition) is 4. The minimum Gasteiger partial charge on any atom is -0.381 e. The van der Waals surface area contributed by atoms with E-state index in [1.807, 2.05) is 0 Å². The molecule has 2 N–H and O–H groups in total. The molecule has 1 aromatic rings. The van der Waals surface area contributed by atoms with Gasteiger partial charge < -0.3 is 10.6 Å². The minimum absolute atomic E-state index is 0.230. The molecule has 6 heteroatoms. The van der Waals surface area contributed by atoms with E-state index in [0.717, 1.165) is 25.5 Å². The van der Waals surface area contributed by atoms with Crippen LogP contribution < -0.4 is 10.6 Å². The molecule has 1 unspecified atom stereocenters. The number of benzene rings is 1. The predicted octanol–water partition coefficient (Wildman–Crippen LogP) is 1.90. The van der Waals surface area contributed by atoms with Crippen molar-refractivity contribution in [3.05, 3.63) is 34.1 Å². The number of nitro benzene ring substituents is 1. The van der Waals surface area contributed by atoms with E-state index in [0.29, 0.717) is 18.3 Å². The second-order valence-corrected chi connectivity index (χ2v) is 4.10. The number of halogens is 1. The Morgan fingerprint density at radius 3 is 3.00 bits per heavy atom. The first-order valence-corrected chi connectivity index (χ1v) is 5.58. The van der Waals surface area contributed by atoms with Gasteiger partial charge in [0, 0.05) is 18.7 Å². The van der Waals surface area contributed by atoms with Crippen LogP contribution in [0.4, 0.5) is 15.8 Å². The molecular formula is C11H14FN3O2. The summed E-state index contributed by atoms with van der Waals surface area (Å²) < 4.78 is 13.5. The van der Waals surface area contributed by atoms with Crippen LogP contribution in [0, 0.1) is 15.9 Å². The normalized spacial score (nSPS) is 19.2. The van der Waals surface area contributed by atoms with Crippen molar-refractivity contribution in [2.45, 2.75) is 18.9 Å². The molecule has 0 saturated carbocycles. The van der Waals surface area contributed by atoms with Gasteiger partial charge in [0.1, 0.15) is 0 Å². The molecule has 1 heterocycles. The third kappa shape index (κ3) is 2.91. The Morgan fingerprint density at radius 2 is 2.41 bits per heavy atom. The summed E-state index contributed by atoms with van der Waals surface area (Å²) in [6.45, 7) is 1.63. The van der Waals surface area contributed by atoms with E-state index < -0.39 is 10.7 Å². The summed E-state index contributed by atoms with van der Waals surface area (Å²) in [5.41, 5.74) is 0.0799. The van der Waals surface area contributed by atoms with Crippen LogP contribution in [0.1, 0.15) is 12.8 Å². The molecule has 1 atom stereocenters. The highest BCUT2D eigenvalue weighted by atomic mass is 19.1. The van der Waals surface area contributed by atoms with Gasteiger partial charge in [0.25, 0.3) is 5.69 Å². The van der Waals surface area contributed by atoms with Gasteiger partial charge in [0.05, 0.1) is 16.7 Å². The first-order chi connectivity index (χ1) is 8.16. The van der Waals surface area contributed by atoms with E-state index in [-0.39, 0.29) is 5.69 Å². The Kier molecular flexibility index (Phi) is 3.53. The summed E-state index contributed by atoms with van der Waals surface area (Å²) >= 11 is 0. The van der Waals surface area contributed by atoms with Gasteiger partial charge in [-0.3, -0.25) is 10.1 Å². The monoisotopic (exact) mass is 239 g/mol. The van der Waals surface area contributed by atoms with Gasteiger partial charge in [-0.2, -0.15) is 0 Å². The molecule has 1 saturated heterocycles. The van der Waals surface area contributed by atoms with E-state index in [4.69, 9.17) is 0 Å². The largest absolute Gasteiger partial charge is 0.381 e. The average Bonchev–Trinajstić information content (AvgIpc) is 2.80. The third-order valence-electron chi connectivity index (χ3n) is 2.86. The number of anilines is 1. The highest BCUT2D eigenvalue weighted by Crippen LogP contribution is 2.20. The van der Waals surface area contributed by atoms with E-state index in [1.165, 1.54) is 12.1 Å². The van der Waals surface area contributed by atoms with Crippen molar-refractivity contribution in [1.29, 1.82) is 0 Å². The average molecular weight is 239 g/mol. The molecule has 0 aliphatic carbocycles. The maximum Gasteiger partial charge on any atom is 0.272 e. The lowest BCUT2D eigenvalue weighted by atomic mass is 10.2. The van der Waals surface area contributed by atoms with E-state index in [1.54, 1.807) is 0 Å². The van der Waals surface area contributed by atoms with Crippen molar-refractivity contribution in [2.24, 2.45) is 0 Å². The molecule has 0 aromatic heterocycles. The van der Waals surface area contributed by atoms with E-state index in [9.17, 15) is 14.5 Å². The Labute approximate surface area is 98.2 Å². The molecule has 0 radical (unpaired) electrons. The topological polar surface area (TPSA) is 67.2 Å². The quantitative estimate of drug-likeness (QED) is 0.622. The zero-order chi connectivity index (χ0) is 12.3. The van der Waals surface area contributed by atoms with Crippen molar-refractivity contribution in [1.82, 2.24) is 5.32 Å². The SMILES string of the molecule is O=[N+]([O-])c1ccc(NCC2CCCN2)c(F)c1. The van der Waals surface area contributed by atoms with Crippen molar-refractivity contribution in [2.75, 3.05) is 18.4 Å². The standard InChI is InChI=1S/C11H14FN3O2/c12-10-6-9(15(16)17)3-4-11(10)14-7-8-2-1-5-13-8/h3-4,6,8,13-14H,1-2,5,7H2. The molecule has 2 rings (SSSR count). The second kappa shape index (κ2) is 5.09. The lowest BCUT2D eigenvalue weighted by Crippen LogP contribution is -2.29. The Morgan fingerprint density at radius 1 is 1.59 bits per heavy atom. The van der Waals surface area contributed by atoms with E-state index >= 15 is 0 Å². The molecule has 92 valence electrons. The van der Waals surface area contributed by atoms with Gasteiger partial charge in [0.15, 0.2) is 5.82 Å². The maximum atomic E-state index is 13.5. The first-order valence-electron chi connectivity index (χ1n) is 5.58. The first kappa shape index (κ1) is 11.8. The van der Waals surface area contributed by atoms with Crippen LogP contribution in [0.15, 0.2) is 18.2 Å². The number of hydrogen-bond donors (Lipinski definition) is 2. The van der Waals surface area contributed by atoms with Gasteiger partial charge >= 0.3 is 0 Å². The number of non-ortho nitro benzene ring substituents is 1. The van der Waals surface area contributed by atoms with Gasteiger partial charge in [-0.15, -0.1) is 0 Å². The van der Waals surface area contributed by atoms with Crippen molar-refractivity contribution in [3.8, 4) is 0 Å². The summed E-state index contributed by atoms with van der Waals surface area (Å²) in [5, 5.41) is 16.7. The lowest BCUT2D eigenvalue weighted by molar-refractivity contribution is -0.385. The highest BCUT2D eigenvalue weighted by molar-refractivity contribution is 5.50. The molecule has 5 nitrogen and oxygen atoms in total. The number of nitrogens with zero attached hydrogens (tertiary/aromatic N) is 1. The summed E-state index contributed by atoms with van der Waals surface area (Å²) in [7, 11) is 0. The zero-order valence-corrected chi connectivity index (χ0v) is 9.28. The zero-order valence-electron chi connectivity index (χ0n) is 9.28. The summed E-state index contributed by atoms with van der Waals surface area (Å²) in [6, 6.07) is 3.99. The van der Waals surface area contributed by atoms with Crippen LogP contribution in [-0.2, 0) is 0 Å². The molecule has 0 spiro atoms. The Hall–Kier alpha value is -1.69. The molecule has 1 aliphatic rings. The highest BCUT2D eigenvalue weighted by Gasteiger charge is 2.15. The fourth-order valence-corrected chi connectivity index (χ4v) is 1.93. The molecule has 17 heavy (non-hydrogen) atoms. The molecular weight excluding hydrogens is 225 g/mol. The van der Waals surface area contributed by atoms with Crippen LogP contribution >= 0.6 is 0 Å². The molecule has 1 aromatic carbocycles. The van der Waals surface area contributed by atoms with Crippen LogP contribution in [0.25, 0.3) is 0 Å². The minimum atomic E-state index is -0.606. The lowest BCUT2D eigenvalue weighted by Gasteiger charge is -2.12. The molecule has 1 aliphatic heterocycles. The van der Waals surface area contributed by atoms with Crippen molar-refractivity contribution in [3.63, 3.8) is 0 Å². The van der Waals surface area contributed by atoms with Crippen molar-refractivity contribution >= 4 is 11.4 Å². The maximum absolute atomic E-state index is 13.5. The third-order valence-corrected chi connectivity index (χ3v) is 2.86. The number of nitrogens with one attached hydrogen (secondary N) is 2. The number of rotatable bonds is 4. The molecule has 0 bridgehead atoms. The van der Waals surface area contributed by atoms with Crippen molar-refractivity contribution < 1.29 is 9.31 Å². The summed E-state index contributed by atoms with van der Waals surface area (Å²) in [4.78, 5) is 9.83. The number of nitro groups is 1. The summed E-state index contributed by atoms with van der Waals surface area (Å²) in [5.74, 6) is -0.586. The van der Waals surface area contributed by atoms with Gasteiger partial charge in [0.2, 0.25) is 0 Å². The predicted molar refractivity (Wildman–Crippen MR) is 62.6 cm³/mol. The van der Waals surface area contributed by atoms with Crippen LogP contribution in [-0.4, -0.2) is 24.1 Å². The van der Waals surface area contributed by atoms with Crippen LogP contribution in [0.5, 0.6) is 0 Å². The Balaban J connectivity index is 1.98. The fraction of sp³-hybridized carbons (Fsp3) is 0.455. The summed E-state index contributed by atoms with van der Waals surface area (Å²) in [6.07, 6.45) is 2.21. The second-order valence-electron chi connectivity index (χ2n) is 4.10. The van der Waals surface area contributed by atoms with Gasteiger partial charge in [-0.05, 0) is 25.5 Å². The Bertz CT molecular complexity index is 419.